The number of carbonyl (C=O) groups is 1. The van der Waals surface area contributed by atoms with Crippen LogP contribution in [0.2, 0.25) is 0 Å². The molecule has 3 heterocycles. The van der Waals surface area contributed by atoms with Gasteiger partial charge in [-0.25, -0.2) is 15.0 Å². The lowest BCUT2D eigenvalue weighted by molar-refractivity contribution is -0.115. The summed E-state index contributed by atoms with van der Waals surface area (Å²) in [4.78, 5) is 29.4. The van der Waals surface area contributed by atoms with Crippen molar-refractivity contribution in [2.24, 2.45) is 4.99 Å². The summed E-state index contributed by atoms with van der Waals surface area (Å²) in [5.74, 6) is 0.840. The van der Waals surface area contributed by atoms with E-state index in [1.807, 2.05) is 43.3 Å². The van der Waals surface area contributed by atoms with Gasteiger partial charge in [0, 0.05) is 35.9 Å². The third kappa shape index (κ3) is 5.23. The minimum Gasteiger partial charge on any atom is -0.481 e. The predicted octanol–water partition coefficient (Wildman–Crippen LogP) is 4.01. The Balaban J connectivity index is 1.36. The molecule has 0 saturated carbocycles. The van der Waals surface area contributed by atoms with Crippen molar-refractivity contribution in [3.8, 4) is 17.0 Å². The number of allylic oxidation sites excluding steroid dienone is 3. The first-order chi connectivity index (χ1) is 15.6. The summed E-state index contributed by atoms with van der Waals surface area (Å²) in [5.41, 5.74) is 5.15. The monoisotopic (exact) mass is 426 g/mol. The minimum atomic E-state index is -0.115. The van der Waals surface area contributed by atoms with Gasteiger partial charge < -0.3 is 15.4 Å². The van der Waals surface area contributed by atoms with Crippen LogP contribution in [0.15, 0.2) is 83.5 Å². The van der Waals surface area contributed by atoms with Crippen LogP contribution in [0.5, 0.6) is 5.88 Å². The molecule has 2 aromatic heterocycles. The van der Waals surface area contributed by atoms with Crippen LogP contribution in [-0.2, 0) is 11.2 Å². The highest BCUT2D eigenvalue weighted by Gasteiger charge is 2.08. The molecule has 32 heavy (non-hydrogen) atoms. The molecule has 160 valence electrons. The summed E-state index contributed by atoms with van der Waals surface area (Å²) in [6, 6.07) is 11.1. The number of ether oxygens (including phenoxy) is 1. The van der Waals surface area contributed by atoms with Gasteiger partial charge in [-0.05, 0) is 30.2 Å². The SMILES string of the molecule is C/C=C1/C=C(Nc2ncc(-c3ccc(CC(=O)Nc4ccnc(OC)c4)cc3)cn2)C=N1. The lowest BCUT2D eigenvalue weighted by atomic mass is 10.1. The molecule has 3 aromatic rings. The van der Waals surface area contributed by atoms with Gasteiger partial charge in [0.15, 0.2) is 0 Å². The maximum absolute atomic E-state index is 12.3. The first-order valence-electron chi connectivity index (χ1n) is 10.0. The predicted molar refractivity (Wildman–Crippen MR) is 125 cm³/mol. The Hall–Kier alpha value is -4.33. The molecule has 0 radical (unpaired) electrons. The third-order valence-corrected chi connectivity index (χ3v) is 4.74. The van der Waals surface area contributed by atoms with Crippen LogP contribution in [0.3, 0.4) is 0 Å². The Bertz CT molecular complexity index is 1200. The van der Waals surface area contributed by atoms with E-state index in [0.29, 0.717) is 17.5 Å². The smallest absolute Gasteiger partial charge is 0.228 e. The van der Waals surface area contributed by atoms with Crippen molar-refractivity contribution in [3.05, 3.63) is 84.1 Å². The molecule has 0 bridgehead atoms. The van der Waals surface area contributed by atoms with Gasteiger partial charge in [-0.2, -0.15) is 0 Å². The van der Waals surface area contributed by atoms with Gasteiger partial charge in [0.1, 0.15) is 0 Å². The number of carbonyl (C=O) groups excluding carboxylic acids is 1. The van der Waals surface area contributed by atoms with Gasteiger partial charge in [0.05, 0.1) is 31.1 Å². The summed E-state index contributed by atoms with van der Waals surface area (Å²) in [5, 5.41) is 5.98. The first-order valence-corrected chi connectivity index (χ1v) is 10.0. The molecule has 1 amide bonds. The molecule has 8 nitrogen and oxygen atoms in total. The molecule has 0 aliphatic carbocycles. The van der Waals surface area contributed by atoms with Crippen molar-refractivity contribution in [3.63, 3.8) is 0 Å². The van der Waals surface area contributed by atoms with Crippen LogP contribution < -0.4 is 15.4 Å². The van der Waals surface area contributed by atoms with Crippen molar-refractivity contribution < 1.29 is 9.53 Å². The van der Waals surface area contributed by atoms with Crippen LogP contribution in [0, 0.1) is 0 Å². The quantitative estimate of drug-likeness (QED) is 0.592. The fraction of sp³-hybridized carbons (Fsp3) is 0.125. The van der Waals surface area contributed by atoms with Gasteiger partial charge in [0.2, 0.25) is 17.7 Å². The molecule has 0 unspecified atom stereocenters. The Morgan fingerprint density at radius 1 is 1.06 bits per heavy atom. The molecule has 1 aliphatic rings. The molecule has 1 aliphatic heterocycles. The van der Waals surface area contributed by atoms with Crippen molar-refractivity contribution in [2.75, 3.05) is 17.7 Å². The Morgan fingerprint density at radius 3 is 2.53 bits per heavy atom. The average molecular weight is 426 g/mol. The number of aromatic nitrogens is 3. The fourth-order valence-electron chi connectivity index (χ4n) is 3.08. The van der Waals surface area contributed by atoms with E-state index < -0.39 is 0 Å². The number of methoxy groups -OCH3 is 1. The van der Waals surface area contributed by atoms with Gasteiger partial charge >= 0.3 is 0 Å². The van der Waals surface area contributed by atoms with Gasteiger partial charge in [0.25, 0.3) is 0 Å². The third-order valence-electron chi connectivity index (χ3n) is 4.74. The number of hydrogen-bond acceptors (Lipinski definition) is 7. The lowest BCUT2D eigenvalue weighted by Gasteiger charge is -2.08. The number of nitrogens with one attached hydrogen (secondary N) is 2. The van der Waals surface area contributed by atoms with Gasteiger partial charge in [-0.15, -0.1) is 0 Å². The molecular weight excluding hydrogens is 404 g/mol. The fourth-order valence-corrected chi connectivity index (χ4v) is 3.08. The van der Waals surface area contributed by atoms with E-state index in [1.165, 1.54) is 7.11 Å². The van der Waals surface area contributed by atoms with Gasteiger partial charge in [-0.3, -0.25) is 9.79 Å². The summed E-state index contributed by atoms with van der Waals surface area (Å²) in [6.45, 7) is 1.94. The second-order valence-electron chi connectivity index (χ2n) is 7.00. The minimum absolute atomic E-state index is 0.115. The van der Waals surface area contributed by atoms with E-state index in [2.05, 4.69) is 30.6 Å². The number of aliphatic imine (C=N–C) groups is 1. The zero-order chi connectivity index (χ0) is 22.3. The van der Waals surface area contributed by atoms with Crippen LogP contribution in [-0.4, -0.2) is 34.2 Å². The number of anilines is 2. The van der Waals surface area contributed by atoms with E-state index in [0.717, 1.165) is 28.1 Å². The van der Waals surface area contributed by atoms with E-state index in [9.17, 15) is 4.79 Å². The van der Waals surface area contributed by atoms with Crippen LogP contribution in [0.4, 0.5) is 11.6 Å². The van der Waals surface area contributed by atoms with Crippen LogP contribution in [0.25, 0.3) is 11.1 Å². The highest BCUT2D eigenvalue weighted by atomic mass is 16.5. The summed E-state index contributed by atoms with van der Waals surface area (Å²) >= 11 is 0. The van der Waals surface area contributed by atoms with E-state index in [1.54, 1.807) is 36.9 Å². The molecule has 0 fully saturated rings. The van der Waals surface area contributed by atoms with E-state index in [-0.39, 0.29) is 12.3 Å². The first kappa shape index (κ1) is 20.9. The molecule has 2 N–H and O–H groups in total. The number of rotatable bonds is 7. The average Bonchev–Trinajstić information content (AvgIpc) is 3.28. The van der Waals surface area contributed by atoms with Crippen molar-refractivity contribution >= 4 is 23.8 Å². The number of nitrogens with zero attached hydrogens (tertiary/aromatic N) is 4. The zero-order valence-corrected chi connectivity index (χ0v) is 17.7. The number of benzene rings is 1. The molecule has 1 aromatic carbocycles. The normalized spacial score (nSPS) is 13.7. The summed E-state index contributed by atoms with van der Waals surface area (Å²) in [6.07, 6.45) is 11.0. The number of amides is 1. The van der Waals surface area contributed by atoms with E-state index in [4.69, 9.17) is 4.74 Å². The summed E-state index contributed by atoms with van der Waals surface area (Å²) < 4.78 is 5.07. The molecular formula is C24H22N6O2. The number of pyridine rings is 1. The number of hydrogen-bond donors (Lipinski definition) is 2. The largest absolute Gasteiger partial charge is 0.481 e. The maximum atomic E-state index is 12.3. The van der Waals surface area contributed by atoms with Crippen LogP contribution >= 0.6 is 0 Å². The topological polar surface area (TPSA) is 101 Å². The van der Waals surface area contributed by atoms with E-state index >= 15 is 0 Å². The van der Waals surface area contributed by atoms with Crippen LogP contribution in [0.1, 0.15) is 12.5 Å². The van der Waals surface area contributed by atoms with Crippen molar-refractivity contribution in [2.45, 2.75) is 13.3 Å². The Kier molecular flexibility index (Phi) is 6.31. The second kappa shape index (κ2) is 9.65. The summed E-state index contributed by atoms with van der Waals surface area (Å²) in [7, 11) is 1.53. The van der Waals surface area contributed by atoms with Crippen molar-refractivity contribution in [1.82, 2.24) is 15.0 Å². The Labute approximate surface area is 185 Å². The standard InChI is InChI=1S/C24H22N6O2/c1-3-19-11-21(15-26-19)30-24-27-13-18(14-28-24)17-6-4-16(5-7-17)10-22(31)29-20-8-9-25-23(12-20)32-2/h3-9,11-15H,10H2,1-2H3,(H,25,29,31)(H,27,28,30)/b19-3-. The van der Waals surface area contributed by atoms with Gasteiger partial charge in [-0.1, -0.05) is 30.3 Å². The Morgan fingerprint density at radius 2 is 1.84 bits per heavy atom. The second-order valence-corrected chi connectivity index (χ2v) is 7.00. The highest BCUT2D eigenvalue weighted by molar-refractivity contribution is 5.92. The molecule has 0 atom stereocenters. The molecule has 4 rings (SSSR count). The molecule has 0 saturated heterocycles. The zero-order valence-electron chi connectivity index (χ0n) is 17.7. The maximum Gasteiger partial charge on any atom is 0.228 e. The van der Waals surface area contributed by atoms with Crippen molar-refractivity contribution in [1.29, 1.82) is 0 Å². The lowest BCUT2D eigenvalue weighted by Crippen LogP contribution is -2.14. The molecule has 0 spiro atoms. The highest BCUT2D eigenvalue weighted by Crippen LogP contribution is 2.20. The molecule has 8 heteroatoms.